The molecule has 2 N–H and O–H groups in total. The van der Waals surface area contributed by atoms with Gasteiger partial charge >= 0.3 is 5.97 Å². The van der Waals surface area contributed by atoms with Crippen LogP contribution in [0.3, 0.4) is 0 Å². The predicted octanol–water partition coefficient (Wildman–Crippen LogP) is 1.48. The molecule has 0 heterocycles. The first-order chi connectivity index (χ1) is 9.92. The molecule has 0 amide bonds. The predicted molar refractivity (Wildman–Crippen MR) is 88.1 cm³/mol. The largest absolute Gasteiger partial charge is 0.462 e. The summed E-state index contributed by atoms with van der Waals surface area (Å²) in [5, 5.41) is 2.95. The molecule has 0 radical (unpaired) electrons. The Labute approximate surface area is 138 Å². The van der Waals surface area contributed by atoms with Gasteiger partial charge in [-0.3, -0.25) is 0 Å². The molecule has 0 fully saturated rings. The van der Waals surface area contributed by atoms with E-state index in [0.29, 0.717) is 18.5 Å². The molecule has 0 unspecified atom stereocenters. The minimum atomic E-state index is -3.63. The first-order valence-electron chi connectivity index (χ1n) is 6.84. The molecule has 0 aliphatic carbocycles. The van der Waals surface area contributed by atoms with E-state index in [9.17, 15) is 13.2 Å². The SMILES string of the molecule is CCOC(=O)c1ccc(C)c(S(=O)(=O)NCCCNC)c1.Cl. The molecule has 1 rings (SSSR count). The maximum absolute atomic E-state index is 12.3. The molecule has 0 aromatic heterocycles. The number of halogens is 1. The number of aryl methyl sites for hydroxylation is 1. The van der Waals surface area contributed by atoms with Crippen molar-refractivity contribution in [1.29, 1.82) is 0 Å². The summed E-state index contributed by atoms with van der Waals surface area (Å²) in [6.45, 7) is 4.71. The number of rotatable bonds is 8. The molecule has 0 atom stereocenters. The van der Waals surface area contributed by atoms with Crippen LogP contribution in [0.4, 0.5) is 0 Å². The molecule has 22 heavy (non-hydrogen) atoms. The van der Waals surface area contributed by atoms with Crippen molar-refractivity contribution < 1.29 is 17.9 Å². The lowest BCUT2D eigenvalue weighted by Gasteiger charge is -2.11. The number of carbonyl (C=O) groups excluding carboxylic acids is 1. The minimum Gasteiger partial charge on any atom is -0.462 e. The second kappa shape index (κ2) is 9.78. The van der Waals surface area contributed by atoms with Gasteiger partial charge in [-0.25, -0.2) is 17.9 Å². The Morgan fingerprint density at radius 2 is 1.95 bits per heavy atom. The first kappa shape index (κ1) is 20.9. The topological polar surface area (TPSA) is 84.5 Å². The highest BCUT2D eigenvalue weighted by Crippen LogP contribution is 2.17. The fourth-order valence-corrected chi connectivity index (χ4v) is 3.12. The van der Waals surface area contributed by atoms with Gasteiger partial charge in [-0.2, -0.15) is 0 Å². The van der Waals surface area contributed by atoms with Crippen molar-refractivity contribution in [2.24, 2.45) is 0 Å². The Morgan fingerprint density at radius 3 is 2.55 bits per heavy atom. The van der Waals surface area contributed by atoms with Crippen LogP contribution >= 0.6 is 12.4 Å². The van der Waals surface area contributed by atoms with Crippen molar-refractivity contribution in [3.8, 4) is 0 Å². The maximum Gasteiger partial charge on any atom is 0.338 e. The highest BCUT2D eigenvalue weighted by molar-refractivity contribution is 7.89. The van der Waals surface area contributed by atoms with E-state index in [-0.39, 0.29) is 29.5 Å². The minimum absolute atomic E-state index is 0. The van der Waals surface area contributed by atoms with Crippen LogP contribution in [0.2, 0.25) is 0 Å². The molecule has 0 aliphatic heterocycles. The van der Waals surface area contributed by atoms with Gasteiger partial charge in [0.15, 0.2) is 0 Å². The van der Waals surface area contributed by atoms with Crippen molar-refractivity contribution in [3.05, 3.63) is 29.3 Å². The monoisotopic (exact) mass is 350 g/mol. The van der Waals surface area contributed by atoms with Gasteiger partial charge in [0, 0.05) is 6.54 Å². The molecule has 1 aromatic carbocycles. The Hall–Kier alpha value is -1.15. The summed E-state index contributed by atoms with van der Waals surface area (Å²) in [7, 11) is -1.82. The molecule has 0 spiro atoms. The first-order valence-corrected chi connectivity index (χ1v) is 8.32. The molecular weight excluding hydrogens is 328 g/mol. The van der Waals surface area contributed by atoms with Gasteiger partial charge in [-0.1, -0.05) is 6.07 Å². The Bertz CT molecular complexity index is 591. The zero-order chi connectivity index (χ0) is 15.9. The number of hydrogen-bond donors (Lipinski definition) is 2. The second-order valence-corrected chi connectivity index (χ2v) is 6.29. The van der Waals surface area contributed by atoms with Crippen LogP contribution < -0.4 is 10.0 Å². The summed E-state index contributed by atoms with van der Waals surface area (Å²) in [6.07, 6.45) is 0.687. The summed E-state index contributed by atoms with van der Waals surface area (Å²) in [5.41, 5.74) is 0.821. The number of sulfonamides is 1. The Morgan fingerprint density at radius 1 is 1.27 bits per heavy atom. The lowest BCUT2D eigenvalue weighted by Crippen LogP contribution is -2.27. The maximum atomic E-state index is 12.3. The smallest absolute Gasteiger partial charge is 0.338 e. The third-order valence-electron chi connectivity index (χ3n) is 2.88. The van der Waals surface area contributed by atoms with E-state index >= 15 is 0 Å². The van der Waals surface area contributed by atoms with E-state index < -0.39 is 16.0 Å². The normalized spacial score (nSPS) is 10.9. The van der Waals surface area contributed by atoms with Gasteiger partial charge in [0.2, 0.25) is 10.0 Å². The molecule has 1 aromatic rings. The summed E-state index contributed by atoms with van der Waals surface area (Å²) in [5.74, 6) is -0.524. The molecule has 126 valence electrons. The Kier molecular flexibility index (Phi) is 9.27. The lowest BCUT2D eigenvalue weighted by atomic mass is 10.1. The number of carbonyl (C=O) groups is 1. The number of esters is 1. The van der Waals surface area contributed by atoms with Crippen molar-refractivity contribution in [2.45, 2.75) is 25.2 Å². The molecule has 0 saturated heterocycles. The molecule has 8 heteroatoms. The quantitative estimate of drug-likeness (QED) is 0.548. The van der Waals surface area contributed by atoms with Crippen LogP contribution in [-0.2, 0) is 14.8 Å². The third-order valence-corrected chi connectivity index (χ3v) is 4.49. The molecule has 6 nitrogen and oxygen atoms in total. The standard InChI is InChI=1S/C14H22N2O4S.ClH/c1-4-20-14(17)12-7-6-11(2)13(10-12)21(18,19)16-9-5-8-15-3;/h6-7,10,15-16H,4-5,8-9H2,1-3H3;1H. The van der Waals surface area contributed by atoms with Crippen LogP contribution in [0.15, 0.2) is 23.1 Å². The highest BCUT2D eigenvalue weighted by atomic mass is 35.5. The van der Waals surface area contributed by atoms with Crippen molar-refractivity contribution in [1.82, 2.24) is 10.0 Å². The van der Waals surface area contributed by atoms with E-state index in [1.54, 1.807) is 26.0 Å². The zero-order valence-corrected chi connectivity index (χ0v) is 14.6. The van der Waals surface area contributed by atoms with Crippen LogP contribution in [0.5, 0.6) is 0 Å². The summed E-state index contributed by atoms with van der Waals surface area (Å²) in [4.78, 5) is 11.8. The van der Waals surface area contributed by atoms with Gasteiger partial charge in [0.25, 0.3) is 0 Å². The van der Waals surface area contributed by atoms with Gasteiger partial charge in [-0.15, -0.1) is 12.4 Å². The van der Waals surface area contributed by atoms with E-state index in [1.807, 2.05) is 7.05 Å². The van der Waals surface area contributed by atoms with Gasteiger partial charge in [0.1, 0.15) is 0 Å². The van der Waals surface area contributed by atoms with Gasteiger partial charge in [0.05, 0.1) is 17.1 Å². The fourth-order valence-electron chi connectivity index (χ4n) is 1.78. The van der Waals surface area contributed by atoms with Crippen LogP contribution in [0.1, 0.15) is 29.3 Å². The van der Waals surface area contributed by atoms with E-state index in [2.05, 4.69) is 10.0 Å². The Balaban J connectivity index is 0.00000441. The zero-order valence-electron chi connectivity index (χ0n) is 13.0. The summed E-state index contributed by atoms with van der Waals surface area (Å²) in [6, 6.07) is 4.52. The molecule has 0 bridgehead atoms. The number of ether oxygens (including phenoxy) is 1. The molecular formula is C14H23ClN2O4S. The third kappa shape index (κ3) is 5.92. The summed E-state index contributed by atoms with van der Waals surface area (Å²) < 4.78 is 31.9. The fraction of sp³-hybridized carbons (Fsp3) is 0.500. The van der Waals surface area contributed by atoms with Gasteiger partial charge < -0.3 is 10.1 Å². The lowest BCUT2D eigenvalue weighted by molar-refractivity contribution is 0.0526. The van der Waals surface area contributed by atoms with E-state index in [4.69, 9.17) is 4.74 Å². The molecule has 0 aliphatic rings. The average molecular weight is 351 g/mol. The summed E-state index contributed by atoms with van der Waals surface area (Å²) >= 11 is 0. The average Bonchev–Trinajstić information content (AvgIpc) is 2.44. The number of hydrogen-bond acceptors (Lipinski definition) is 5. The van der Waals surface area contributed by atoms with Crippen molar-refractivity contribution >= 4 is 28.4 Å². The number of nitrogens with one attached hydrogen (secondary N) is 2. The van der Waals surface area contributed by atoms with Crippen molar-refractivity contribution in [3.63, 3.8) is 0 Å². The van der Waals surface area contributed by atoms with Crippen LogP contribution in [-0.4, -0.2) is 41.1 Å². The van der Waals surface area contributed by atoms with E-state index in [1.165, 1.54) is 6.07 Å². The second-order valence-electron chi connectivity index (χ2n) is 4.56. The highest BCUT2D eigenvalue weighted by Gasteiger charge is 2.19. The number of benzene rings is 1. The van der Waals surface area contributed by atoms with Gasteiger partial charge in [-0.05, 0) is 51.6 Å². The molecule has 0 saturated carbocycles. The van der Waals surface area contributed by atoms with E-state index in [0.717, 1.165) is 6.54 Å². The van der Waals surface area contributed by atoms with Crippen LogP contribution in [0.25, 0.3) is 0 Å². The van der Waals surface area contributed by atoms with Crippen molar-refractivity contribution in [2.75, 3.05) is 26.7 Å². The van der Waals surface area contributed by atoms with Crippen LogP contribution in [0, 0.1) is 6.92 Å².